The lowest BCUT2D eigenvalue weighted by atomic mass is 9.92. The molecule has 29 heavy (non-hydrogen) atoms. The summed E-state index contributed by atoms with van der Waals surface area (Å²) in [6.07, 6.45) is 12.4. The summed E-state index contributed by atoms with van der Waals surface area (Å²) in [5, 5.41) is 0. The van der Waals surface area contributed by atoms with Crippen LogP contribution in [0.1, 0.15) is 65.7 Å². The SMILES string of the molecule is C=C(C)[C@H](C/C=C(/C)CCCOC1CCCCO1)CC(=CC)Sc1ccccc1. The molecule has 3 heteroatoms. The lowest BCUT2D eigenvalue weighted by Gasteiger charge is -2.22. The summed E-state index contributed by atoms with van der Waals surface area (Å²) in [4.78, 5) is 2.71. The van der Waals surface area contributed by atoms with Crippen molar-refractivity contribution in [2.45, 2.75) is 76.9 Å². The highest BCUT2D eigenvalue weighted by Gasteiger charge is 2.14. The molecule has 2 atom stereocenters. The van der Waals surface area contributed by atoms with E-state index in [1.807, 2.05) is 11.8 Å². The lowest BCUT2D eigenvalue weighted by Crippen LogP contribution is -2.22. The van der Waals surface area contributed by atoms with Gasteiger partial charge in [0.1, 0.15) is 0 Å². The molecule has 0 spiro atoms. The molecule has 0 aromatic heterocycles. The van der Waals surface area contributed by atoms with Crippen LogP contribution in [0.2, 0.25) is 0 Å². The summed E-state index contributed by atoms with van der Waals surface area (Å²) < 4.78 is 11.5. The van der Waals surface area contributed by atoms with E-state index in [0.29, 0.717) is 5.92 Å². The average molecular weight is 415 g/mol. The van der Waals surface area contributed by atoms with Gasteiger partial charge in [0.2, 0.25) is 0 Å². The van der Waals surface area contributed by atoms with Crippen molar-refractivity contribution >= 4 is 11.8 Å². The van der Waals surface area contributed by atoms with Crippen molar-refractivity contribution in [2.24, 2.45) is 5.92 Å². The van der Waals surface area contributed by atoms with Crippen LogP contribution in [0.15, 0.2) is 70.0 Å². The minimum absolute atomic E-state index is 0.0298. The monoisotopic (exact) mass is 414 g/mol. The van der Waals surface area contributed by atoms with Crippen molar-refractivity contribution in [1.29, 1.82) is 0 Å². The van der Waals surface area contributed by atoms with Crippen molar-refractivity contribution in [3.05, 3.63) is 65.1 Å². The Morgan fingerprint density at radius 3 is 2.72 bits per heavy atom. The molecule has 2 nitrogen and oxygen atoms in total. The van der Waals surface area contributed by atoms with Gasteiger partial charge in [-0.15, -0.1) is 0 Å². The van der Waals surface area contributed by atoms with Gasteiger partial charge < -0.3 is 9.47 Å². The van der Waals surface area contributed by atoms with Gasteiger partial charge in [-0.25, -0.2) is 0 Å². The Balaban J connectivity index is 1.75. The normalized spacial score (nSPS) is 19.2. The van der Waals surface area contributed by atoms with E-state index in [1.165, 1.54) is 33.8 Å². The van der Waals surface area contributed by atoms with Gasteiger partial charge in [-0.2, -0.15) is 0 Å². The molecule has 0 aliphatic carbocycles. The Labute approximate surface area is 182 Å². The van der Waals surface area contributed by atoms with Crippen LogP contribution in [-0.4, -0.2) is 19.5 Å². The molecule has 1 unspecified atom stereocenters. The first-order valence-electron chi connectivity index (χ1n) is 11.0. The Morgan fingerprint density at radius 1 is 1.28 bits per heavy atom. The van der Waals surface area contributed by atoms with Crippen molar-refractivity contribution in [2.75, 3.05) is 13.2 Å². The number of hydrogen-bond acceptors (Lipinski definition) is 3. The highest BCUT2D eigenvalue weighted by Crippen LogP contribution is 2.34. The second-order valence-corrected chi connectivity index (χ2v) is 9.17. The van der Waals surface area contributed by atoms with Crippen LogP contribution in [0, 0.1) is 5.92 Å². The van der Waals surface area contributed by atoms with Gasteiger partial charge in [-0.1, -0.05) is 59.8 Å². The van der Waals surface area contributed by atoms with Crippen LogP contribution in [0.25, 0.3) is 0 Å². The Kier molecular flexibility index (Phi) is 11.5. The maximum atomic E-state index is 5.85. The first-order valence-corrected chi connectivity index (χ1v) is 11.8. The van der Waals surface area contributed by atoms with Crippen LogP contribution < -0.4 is 0 Å². The molecular formula is C26H38O2S. The molecule has 1 aromatic carbocycles. The minimum Gasteiger partial charge on any atom is -0.353 e. The second kappa shape index (κ2) is 13.8. The smallest absolute Gasteiger partial charge is 0.157 e. The van der Waals surface area contributed by atoms with E-state index in [0.717, 1.165) is 45.3 Å². The zero-order chi connectivity index (χ0) is 20.9. The fraction of sp³-hybridized carbons (Fsp3) is 0.538. The van der Waals surface area contributed by atoms with Gasteiger partial charge in [-0.3, -0.25) is 0 Å². The maximum absolute atomic E-state index is 5.85. The summed E-state index contributed by atoms with van der Waals surface area (Å²) >= 11 is 1.87. The fourth-order valence-electron chi connectivity index (χ4n) is 3.41. The number of hydrogen-bond donors (Lipinski definition) is 0. The van der Waals surface area contributed by atoms with E-state index in [1.54, 1.807) is 0 Å². The Hall–Kier alpha value is -1.29. The number of rotatable bonds is 12. The quantitative estimate of drug-likeness (QED) is 0.196. The summed E-state index contributed by atoms with van der Waals surface area (Å²) in [6, 6.07) is 10.6. The topological polar surface area (TPSA) is 18.5 Å². The molecule has 1 aliphatic heterocycles. The zero-order valence-electron chi connectivity index (χ0n) is 18.5. The number of allylic oxidation sites excluding steroid dienone is 5. The van der Waals surface area contributed by atoms with Gasteiger partial charge >= 0.3 is 0 Å². The Bertz CT molecular complexity index is 657. The molecule has 1 aliphatic rings. The van der Waals surface area contributed by atoms with E-state index in [-0.39, 0.29) is 6.29 Å². The van der Waals surface area contributed by atoms with Gasteiger partial charge in [0, 0.05) is 11.5 Å². The summed E-state index contributed by atoms with van der Waals surface area (Å²) in [5.74, 6) is 0.485. The van der Waals surface area contributed by atoms with E-state index in [9.17, 15) is 0 Å². The molecule has 0 bridgehead atoms. The molecule has 0 radical (unpaired) electrons. The van der Waals surface area contributed by atoms with Crippen molar-refractivity contribution in [3.63, 3.8) is 0 Å². The highest BCUT2D eigenvalue weighted by molar-refractivity contribution is 8.03. The van der Waals surface area contributed by atoms with Crippen molar-refractivity contribution in [1.82, 2.24) is 0 Å². The second-order valence-electron chi connectivity index (χ2n) is 7.97. The van der Waals surface area contributed by atoms with Crippen LogP contribution in [0.3, 0.4) is 0 Å². The van der Waals surface area contributed by atoms with Crippen LogP contribution >= 0.6 is 11.8 Å². The summed E-state index contributed by atoms with van der Waals surface area (Å²) in [7, 11) is 0. The third-order valence-corrected chi connectivity index (χ3v) is 6.54. The standard InChI is InChI=1S/C26H38O2S/c1-5-24(29-25-13-7-6-8-14-25)20-23(21(2)3)17-16-22(4)12-11-19-28-26-15-9-10-18-27-26/h5-8,13-14,16,23,26H,2,9-12,15,17-20H2,1,3-4H3/b22-16-,24-5?/t23-,26?/m1/s1. The predicted octanol–water partition coefficient (Wildman–Crippen LogP) is 7.92. The zero-order valence-corrected chi connectivity index (χ0v) is 19.3. The molecule has 1 fully saturated rings. The first kappa shape index (κ1) is 24.0. The van der Waals surface area contributed by atoms with E-state index >= 15 is 0 Å². The molecule has 1 aromatic rings. The molecule has 0 N–H and O–H groups in total. The first-order chi connectivity index (χ1) is 14.1. The Morgan fingerprint density at radius 2 is 2.07 bits per heavy atom. The molecule has 0 amide bonds. The van der Waals surface area contributed by atoms with Gasteiger partial charge in [-0.05, 0) is 88.7 Å². The third kappa shape index (κ3) is 9.84. The third-order valence-electron chi connectivity index (χ3n) is 5.37. The molecule has 0 saturated carbocycles. The molecule has 1 saturated heterocycles. The molecule has 1 heterocycles. The van der Waals surface area contributed by atoms with Gasteiger partial charge in [0.05, 0.1) is 6.61 Å². The average Bonchev–Trinajstić information content (AvgIpc) is 2.74. The number of benzene rings is 1. The lowest BCUT2D eigenvalue weighted by molar-refractivity contribution is -0.162. The predicted molar refractivity (Wildman–Crippen MR) is 126 cm³/mol. The summed E-state index contributed by atoms with van der Waals surface area (Å²) in [5.41, 5.74) is 2.71. The van der Waals surface area contributed by atoms with Crippen LogP contribution in [0.5, 0.6) is 0 Å². The minimum atomic E-state index is 0.0298. The number of thioether (sulfide) groups is 1. The molecule has 160 valence electrons. The fourth-order valence-corrected chi connectivity index (χ4v) is 4.41. The van der Waals surface area contributed by atoms with E-state index in [2.05, 4.69) is 69.8 Å². The molecular weight excluding hydrogens is 376 g/mol. The summed E-state index contributed by atoms with van der Waals surface area (Å²) in [6.45, 7) is 12.4. The van der Waals surface area contributed by atoms with Crippen LogP contribution in [0.4, 0.5) is 0 Å². The van der Waals surface area contributed by atoms with Crippen molar-refractivity contribution in [3.8, 4) is 0 Å². The molecule has 2 rings (SSSR count). The van der Waals surface area contributed by atoms with E-state index < -0.39 is 0 Å². The maximum Gasteiger partial charge on any atom is 0.157 e. The van der Waals surface area contributed by atoms with Gasteiger partial charge in [0.15, 0.2) is 6.29 Å². The largest absolute Gasteiger partial charge is 0.353 e. The highest BCUT2D eigenvalue weighted by atomic mass is 32.2. The van der Waals surface area contributed by atoms with Crippen molar-refractivity contribution < 1.29 is 9.47 Å². The number of ether oxygens (including phenoxy) is 2. The van der Waals surface area contributed by atoms with Gasteiger partial charge in [0.25, 0.3) is 0 Å². The van der Waals surface area contributed by atoms with Crippen LogP contribution in [-0.2, 0) is 9.47 Å². The van der Waals surface area contributed by atoms with E-state index in [4.69, 9.17) is 9.47 Å².